The highest BCUT2D eigenvalue weighted by molar-refractivity contribution is 4.84. The van der Waals surface area contributed by atoms with Crippen molar-refractivity contribution in [2.75, 3.05) is 33.3 Å². The molecule has 1 rings (SSSR count). The van der Waals surface area contributed by atoms with Gasteiger partial charge in [-0.25, -0.2) is 0 Å². The van der Waals surface area contributed by atoms with Gasteiger partial charge in [0.2, 0.25) is 0 Å². The van der Waals surface area contributed by atoms with E-state index in [9.17, 15) is 0 Å². The second kappa shape index (κ2) is 7.20. The van der Waals surface area contributed by atoms with Crippen LogP contribution in [0.25, 0.3) is 0 Å². The molecule has 1 saturated heterocycles. The number of nitrogens with zero attached hydrogens (tertiary/aromatic N) is 1. The number of methoxy groups -OCH3 is 1. The molecular formula is C12H26N2O. The molecule has 1 N–H and O–H groups in total. The maximum Gasteiger partial charge on any atom is 0.0711 e. The molecule has 1 fully saturated rings. The van der Waals surface area contributed by atoms with Crippen molar-refractivity contribution < 1.29 is 4.74 Å². The quantitative estimate of drug-likeness (QED) is 0.695. The number of unbranched alkanes of at least 4 members (excludes halogenated alkanes) is 1. The zero-order valence-corrected chi connectivity index (χ0v) is 10.5. The summed E-state index contributed by atoms with van der Waals surface area (Å²) >= 11 is 0. The minimum Gasteiger partial charge on any atom is -0.380 e. The molecule has 0 bridgehead atoms. The predicted molar refractivity (Wildman–Crippen MR) is 64.2 cm³/mol. The fourth-order valence-corrected chi connectivity index (χ4v) is 2.17. The van der Waals surface area contributed by atoms with E-state index in [0.717, 1.165) is 13.1 Å². The lowest BCUT2D eigenvalue weighted by molar-refractivity contribution is 0.115. The van der Waals surface area contributed by atoms with Crippen molar-refractivity contribution in [2.24, 2.45) is 0 Å². The van der Waals surface area contributed by atoms with E-state index >= 15 is 0 Å². The summed E-state index contributed by atoms with van der Waals surface area (Å²) in [6.45, 7) is 9.10. The first kappa shape index (κ1) is 12.9. The number of hydrogen-bond donors (Lipinski definition) is 1. The smallest absolute Gasteiger partial charge is 0.0711 e. The fraction of sp³-hybridized carbons (Fsp3) is 1.00. The van der Waals surface area contributed by atoms with Gasteiger partial charge in [0.25, 0.3) is 0 Å². The van der Waals surface area contributed by atoms with E-state index in [-0.39, 0.29) is 0 Å². The predicted octanol–water partition coefficient (Wildman–Crippen LogP) is 1.49. The SMILES string of the molecule is CCCCN(CC)CC1CC(OC)CN1. The van der Waals surface area contributed by atoms with Gasteiger partial charge in [-0.15, -0.1) is 0 Å². The lowest BCUT2D eigenvalue weighted by Crippen LogP contribution is -2.37. The Morgan fingerprint density at radius 1 is 1.40 bits per heavy atom. The largest absolute Gasteiger partial charge is 0.380 e. The maximum absolute atomic E-state index is 5.36. The van der Waals surface area contributed by atoms with Gasteiger partial charge < -0.3 is 15.0 Å². The van der Waals surface area contributed by atoms with E-state index in [1.807, 2.05) is 7.11 Å². The molecule has 0 saturated carbocycles. The van der Waals surface area contributed by atoms with Gasteiger partial charge in [-0.2, -0.15) is 0 Å². The highest BCUT2D eigenvalue weighted by Crippen LogP contribution is 2.11. The summed E-state index contributed by atoms with van der Waals surface area (Å²) in [4.78, 5) is 2.54. The van der Waals surface area contributed by atoms with E-state index in [1.54, 1.807) is 0 Å². The first-order valence-electron chi connectivity index (χ1n) is 6.28. The highest BCUT2D eigenvalue weighted by atomic mass is 16.5. The van der Waals surface area contributed by atoms with Gasteiger partial charge in [0, 0.05) is 26.2 Å². The molecule has 3 heteroatoms. The van der Waals surface area contributed by atoms with Gasteiger partial charge in [0.1, 0.15) is 0 Å². The molecule has 0 radical (unpaired) electrons. The van der Waals surface area contributed by atoms with Crippen molar-refractivity contribution >= 4 is 0 Å². The highest BCUT2D eigenvalue weighted by Gasteiger charge is 2.24. The monoisotopic (exact) mass is 214 g/mol. The van der Waals surface area contributed by atoms with Crippen molar-refractivity contribution in [3.8, 4) is 0 Å². The third-order valence-electron chi connectivity index (χ3n) is 3.27. The lowest BCUT2D eigenvalue weighted by atomic mass is 10.2. The topological polar surface area (TPSA) is 24.5 Å². The van der Waals surface area contributed by atoms with E-state index in [4.69, 9.17) is 4.74 Å². The van der Waals surface area contributed by atoms with Gasteiger partial charge in [-0.1, -0.05) is 20.3 Å². The summed E-state index contributed by atoms with van der Waals surface area (Å²) in [5.41, 5.74) is 0. The van der Waals surface area contributed by atoms with Crippen molar-refractivity contribution in [1.29, 1.82) is 0 Å². The minimum atomic E-state index is 0.430. The van der Waals surface area contributed by atoms with Crippen molar-refractivity contribution in [3.05, 3.63) is 0 Å². The molecule has 90 valence electrons. The summed E-state index contributed by atoms with van der Waals surface area (Å²) in [5.74, 6) is 0. The standard InChI is InChI=1S/C12H26N2O/c1-4-6-7-14(5-2)10-11-8-12(15-3)9-13-11/h11-13H,4-10H2,1-3H3. The minimum absolute atomic E-state index is 0.430. The molecule has 1 heterocycles. The first-order valence-corrected chi connectivity index (χ1v) is 6.28. The van der Waals surface area contributed by atoms with Crippen LogP contribution in [0.5, 0.6) is 0 Å². The van der Waals surface area contributed by atoms with Crippen LogP contribution in [0, 0.1) is 0 Å². The molecule has 0 amide bonds. The van der Waals surface area contributed by atoms with Crippen LogP contribution >= 0.6 is 0 Å². The van der Waals surface area contributed by atoms with E-state index in [0.29, 0.717) is 12.1 Å². The molecule has 3 nitrogen and oxygen atoms in total. The molecule has 0 aliphatic carbocycles. The summed E-state index contributed by atoms with van der Waals surface area (Å²) in [6, 6.07) is 0.631. The average molecular weight is 214 g/mol. The molecular weight excluding hydrogens is 188 g/mol. The van der Waals surface area contributed by atoms with Crippen LogP contribution in [0.2, 0.25) is 0 Å². The third kappa shape index (κ3) is 4.49. The maximum atomic E-state index is 5.36. The molecule has 0 aromatic rings. The normalized spacial score (nSPS) is 26.4. The second-order valence-electron chi connectivity index (χ2n) is 4.45. The molecule has 0 aromatic carbocycles. The van der Waals surface area contributed by atoms with Crippen LogP contribution < -0.4 is 5.32 Å². The fourth-order valence-electron chi connectivity index (χ4n) is 2.17. The Kier molecular flexibility index (Phi) is 6.22. The number of hydrogen-bond acceptors (Lipinski definition) is 3. The van der Waals surface area contributed by atoms with E-state index in [2.05, 4.69) is 24.1 Å². The van der Waals surface area contributed by atoms with Gasteiger partial charge >= 0.3 is 0 Å². The number of ether oxygens (including phenoxy) is 1. The Morgan fingerprint density at radius 3 is 2.73 bits per heavy atom. The second-order valence-corrected chi connectivity index (χ2v) is 4.45. The molecule has 15 heavy (non-hydrogen) atoms. The third-order valence-corrected chi connectivity index (χ3v) is 3.27. The summed E-state index contributed by atoms with van der Waals surface area (Å²) in [5, 5.41) is 3.53. The van der Waals surface area contributed by atoms with Crippen molar-refractivity contribution in [3.63, 3.8) is 0 Å². The zero-order chi connectivity index (χ0) is 11.1. The van der Waals surface area contributed by atoms with Crippen LogP contribution in [0.4, 0.5) is 0 Å². The van der Waals surface area contributed by atoms with Gasteiger partial charge in [-0.05, 0) is 25.9 Å². The van der Waals surface area contributed by atoms with Crippen molar-refractivity contribution in [2.45, 2.75) is 45.3 Å². The Bertz CT molecular complexity index is 164. The first-order chi connectivity index (χ1) is 7.30. The molecule has 1 aliphatic heterocycles. The van der Waals surface area contributed by atoms with E-state index in [1.165, 1.54) is 32.4 Å². The van der Waals surface area contributed by atoms with Crippen LogP contribution in [0.15, 0.2) is 0 Å². The zero-order valence-electron chi connectivity index (χ0n) is 10.5. The average Bonchev–Trinajstić information content (AvgIpc) is 2.71. The van der Waals surface area contributed by atoms with Gasteiger partial charge in [0.05, 0.1) is 6.10 Å². The molecule has 0 spiro atoms. The van der Waals surface area contributed by atoms with Crippen molar-refractivity contribution in [1.82, 2.24) is 10.2 Å². The van der Waals surface area contributed by atoms with Crippen LogP contribution in [-0.2, 0) is 4.74 Å². The van der Waals surface area contributed by atoms with Crippen LogP contribution in [-0.4, -0.2) is 50.3 Å². The van der Waals surface area contributed by atoms with Gasteiger partial charge in [0.15, 0.2) is 0 Å². The summed E-state index contributed by atoms with van der Waals surface area (Å²) in [7, 11) is 1.81. The summed E-state index contributed by atoms with van der Waals surface area (Å²) < 4.78 is 5.36. The molecule has 1 aliphatic rings. The Hall–Kier alpha value is -0.120. The number of likely N-dealkylation sites (N-methyl/N-ethyl adjacent to an activating group) is 1. The number of rotatable bonds is 7. The van der Waals surface area contributed by atoms with Gasteiger partial charge in [-0.3, -0.25) is 0 Å². The summed E-state index contributed by atoms with van der Waals surface area (Å²) in [6.07, 6.45) is 4.20. The Morgan fingerprint density at radius 2 is 2.20 bits per heavy atom. The molecule has 0 aromatic heterocycles. The molecule has 2 atom stereocenters. The lowest BCUT2D eigenvalue weighted by Gasteiger charge is -2.23. The number of nitrogens with one attached hydrogen (secondary N) is 1. The van der Waals surface area contributed by atoms with E-state index < -0.39 is 0 Å². The van der Waals surface area contributed by atoms with Crippen LogP contribution in [0.1, 0.15) is 33.1 Å². The molecule has 2 unspecified atom stereocenters. The Labute approximate surface area is 94.2 Å². The van der Waals surface area contributed by atoms with Crippen LogP contribution in [0.3, 0.4) is 0 Å². The Balaban J connectivity index is 2.20.